The average Bonchev–Trinajstić information content (AvgIpc) is 3.50. The average molecular weight is 399 g/mol. The van der Waals surface area contributed by atoms with Gasteiger partial charge in [-0.1, -0.05) is 32.0 Å². The fraction of sp³-hybridized carbons (Fsp3) is 0.591. The van der Waals surface area contributed by atoms with Gasteiger partial charge in [-0.3, -0.25) is 14.5 Å². The number of nitrogens with two attached hydrogens (primary N) is 1. The van der Waals surface area contributed by atoms with Gasteiger partial charge < -0.3 is 15.8 Å². The zero-order valence-corrected chi connectivity index (χ0v) is 17.2. The molecule has 0 bridgehead atoms. The summed E-state index contributed by atoms with van der Waals surface area (Å²) in [5.41, 5.74) is 6.80. The van der Waals surface area contributed by atoms with E-state index in [2.05, 4.69) is 10.3 Å². The molecule has 1 saturated carbocycles. The van der Waals surface area contributed by atoms with E-state index >= 15 is 0 Å². The lowest BCUT2D eigenvalue weighted by Crippen LogP contribution is -2.52. The van der Waals surface area contributed by atoms with Gasteiger partial charge in [-0.25, -0.2) is 4.99 Å². The van der Waals surface area contributed by atoms with E-state index in [0.29, 0.717) is 25.5 Å². The molecule has 2 heterocycles. The predicted octanol–water partition coefficient (Wildman–Crippen LogP) is 2.37. The molecule has 4 rings (SSSR count). The van der Waals surface area contributed by atoms with Crippen molar-refractivity contribution in [2.24, 2.45) is 22.6 Å². The van der Waals surface area contributed by atoms with E-state index in [4.69, 9.17) is 10.5 Å². The van der Waals surface area contributed by atoms with Crippen molar-refractivity contribution in [3.63, 3.8) is 0 Å². The summed E-state index contributed by atoms with van der Waals surface area (Å²) in [6.45, 7) is 5.15. The SMILES string of the molecule is CCC1(CC)CC(=O)N(C[C@@H]2C[C@H]2C(=O)N[C@H]2CCOc3ccccc32)C(N)=N1. The van der Waals surface area contributed by atoms with Crippen molar-refractivity contribution in [3.05, 3.63) is 29.8 Å². The topological polar surface area (TPSA) is 97.0 Å². The number of hydrogen-bond acceptors (Lipinski definition) is 5. The number of guanidine groups is 1. The number of benzene rings is 1. The molecular weight excluding hydrogens is 368 g/mol. The molecule has 1 aromatic carbocycles. The number of aliphatic imine (C=N–C) groups is 1. The van der Waals surface area contributed by atoms with Gasteiger partial charge in [0.1, 0.15) is 5.75 Å². The molecule has 3 aliphatic rings. The van der Waals surface area contributed by atoms with E-state index in [9.17, 15) is 9.59 Å². The molecule has 0 saturated heterocycles. The van der Waals surface area contributed by atoms with Gasteiger partial charge in [-0.05, 0) is 31.2 Å². The van der Waals surface area contributed by atoms with Crippen molar-refractivity contribution in [1.82, 2.24) is 10.2 Å². The van der Waals surface area contributed by atoms with Gasteiger partial charge in [-0.15, -0.1) is 0 Å². The Balaban J connectivity index is 1.36. The number of rotatable bonds is 6. The highest BCUT2D eigenvalue weighted by atomic mass is 16.5. The normalized spacial score (nSPS) is 27.5. The van der Waals surface area contributed by atoms with Crippen molar-refractivity contribution >= 4 is 17.8 Å². The molecule has 3 atom stereocenters. The highest BCUT2D eigenvalue weighted by Crippen LogP contribution is 2.41. The Morgan fingerprint density at radius 2 is 2.10 bits per heavy atom. The minimum absolute atomic E-state index is 0.0191. The third kappa shape index (κ3) is 3.82. The molecule has 29 heavy (non-hydrogen) atoms. The van der Waals surface area contributed by atoms with Gasteiger partial charge in [0, 0.05) is 24.4 Å². The first-order valence-electron chi connectivity index (χ1n) is 10.6. The molecule has 0 spiro atoms. The second-order valence-electron chi connectivity index (χ2n) is 8.42. The van der Waals surface area contributed by atoms with E-state index < -0.39 is 0 Å². The molecule has 2 aliphatic heterocycles. The summed E-state index contributed by atoms with van der Waals surface area (Å²) in [4.78, 5) is 31.7. The third-order valence-corrected chi connectivity index (χ3v) is 6.68. The van der Waals surface area contributed by atoms with Crippen LogP contribution < -0.4 is 15.8 Å². The number of nitrogens with one attached hydrogen (secondary N) is 1. The van der Waals surface area contributed by atoms with Crippen LogP contribution in [-0.4, -0.2) is 41.4 Å². The van der Waals surface area contributed by atoms with Crippen LogP contribution in [0.4, 0.5) is 0 Å². The minimum atomic E-state index is -0.367. The van der Waals surface area contributed by atoms with Crippen molar-refractivity contribution in [1.29, 1.82) is 0 Å². The Morgan fingerprint density at radius 1 is 1.34 bits per heavy atom. The maximum atomic E-state index is 12.8. The Hall–Kier alpha value is -2.57. The zero-order valence-electron chi connectivity index (χ0n) is 17.2. The molecule has 0 unspecified atom stereocenters. The fourth-order valence-electron chi connectivity index (χ4n) is 4.48. The quantitative estimate of drug-likeness (QED) is 0.769. The molecule has 1 aliphatic carbocycles. The monoisotopic (exact) mass is 398 g/mol. The number of nitrogens with zero attached hydrogens (tertiary/aromatic N) is 2. The Labute approximate surface area is 171 Å². The van der Waals surface area contributed by atoms with Crippen LogP contribution in [0.1, 0.15) is 57.6 Å². The summed E-state index contributed by atoms with van der Waals surface area (Å²) in [5, 5.41) is 3.17. The van der Waals surface area contributed by atoms with Gasteiger partial charge in [0.05, 0.1) is 24.6 Å². The first kappa shape index (κ1) is 19.7. The molecular formula is C22H30N4O3. The minimum Gasteiger partial charge on any atom is -0.493 e. The molecule has 7 heteroatoms. The maximum Gasteiger partial charge on any atom is 0.231 e. The zero-order chi connectivity index (χ0) is 20.6. The van der Waals surface area contributed by atoms with Gasteiger partial charge in [0.2, 0.25) is 11.8 Å². The standard InChI is InChI=1S/C22H30N4O3/c1-3-22(4-2)12-19(27)26(21(23)25-22)13-14-11-16(14)20(28)24-17-9-10-29-18-8-6-5-7-15(17)18/h5-8,14,16-17H,3-4,9-13H2,1-2H3,(H2,23,25)(H,24,28)/t14-,16+,17-/m0/s1. The maximum absolute atomic E-state index is 12.8. The lowest BCUT2D eigenvalue weighted by atomic mass is 9.88. The number of para-hydroxylation sites is 1. The van der Waals surface area contributed by atoms with Crippen molar-refractivity contribution in [3.8, 4) is 5.75 Å². The highest BCUT2D eigenvalue weighted by Gasteiger charge is 2.47. The number of ether oxygens (including phenoxy) is 1. The summed E-state index contributed by atoms with van der Waals surface area (Å²) in [6.07, 6.45) is 3.53. The molecule has 156 valence electrons. The van der Waals surface area contributed by atoms with Gasteiger partial charge >= 0.3 is 0 Å². The summed E-state index contributed by atoms with van der Waals surface area (Å²) < 4.78 is 5.67. The summed E-state index contributed by atoms with van der Waals surface area (Å²) in [5.74, 6) is 1.27. The van der Waals surface area contributed by atoms with Crippen LogP contribution in [0.25, 0.3) is 0 Å². The largest absolute Gasteiger partial charge is 0.493 e. The molecule has 0 radical (unpaired) electrons. The lowest BCUT2D eigenvalue weighted by molar-refractivity contribution is -0.130. The second-order valence-corrected chi connectivity index (χ2v) is 8.42. The summed E-state index contributed by atoms with van der Waals surface area (Å²) in [6, 6.07) is 7.81. The third-order valence-electron chi connectivity index (χ3n) is 6.68. The van der Waals surface area contributed by atoms with Crippen LogP contribution in [0, 0.1) is 11.8 Å². The van der Waals surface area contributed by atoms with Crippen LogP contribution in [0.5, 0.6) is 5.75 Å². The molecule has 3 N–H and O–H groups in total. The number of carbonyl (C=O) groups is 2. The molecule has 1 fully saturated rings. The molecule has 7 nitrogen and oxygen atoms in total. The van der Waals surface area contributed by atoms with Crippen LogP contribution in [0.3, 0.4) is 0 Å². The van der Waals surface area contributed by atoms with Crippen LogP contribution in [-0.2, 0) is 9.59 Å². The van der Waals surface area contributed by atoms with Gasteiger partial charge in [0.25, 0.3) is 0 Å². The number of fused-ring (bicyclic) bond motifs is 1. The number of carbonyl (C=O) groups excluding carboxylic acids is 2. The fourth-order valence-corrected chi connectivity index (χ4v) is 4.48. The number of amides is 2. The first-order valence-corrected chi connectivity index (χ1v) is 10.6. The van der Waals surface area contributed by atoms with E-state index in [-0.39, 0.29) is 35.2 Å². The Morgan fingerprint density at radius 3 is 2.83 bits per heavy atom. The van der Waals surface area contributed by atoms with E-state index in [1.807, 2.05) is 38.1 Å². The van der Waals surface area contributed by atoms with Gasteiger partial charge in [0.15, 0.2) is 5.96 Å². The lowest BCUT2D eigenvalue weighted by Gasteiger charge is -2.36. The van der Waals surface area contributed by atoms with Crippen molar-refractivity contribution < 1.29 is 14.3 Å². The van der Waals surface area contributed by atoms with Crippen LogP contribution in [0.2, 0.25) is 0 Å². The summed E-state index contributed by atoms with van der Waals surface area (Å²) in [7, 11) is 0. The molecule has 2 amide bonds. The molecule has 1 aromatic rings. The van der Waals surface area contributed by atoms with Gasteiger partial charge in [-0.2, -0.15) is 0 Å². The second kappa shape index (κ2) is 7.69. The van der Waals surface area contributed by atoms with E-state index in [0.717, 1.165) is 37.0 Å². The van der Waals surface area contributed by atoms with Crippen LogP contribution >= 0.6 is 0 Å². The Kier molecular flexibility index (Phi) is 5.23. The van der Waals surface area contributed by atoms with Crippen molar-refractivity contribution in [2.75, 3.05) is 13.2 Å². The molecule has 0 aromatic heterocycles. The highest BCUT2D eigenvalue weighted by molar-refractivity contribution is 5.99. The van der Waals surface area contributed by atoms with Crippen molar-refractivity contribution in [2.45, 2.75) is 57.5 Å². The first-order chi connectivity index (χ1) is 14.0. The van der Waals surface area contributed by atoms with Crippen LogP contribution in [0.15, 0.2) is 29.3 Å². The summed E-state index contributed by atoms with van der Waals surface area (Å²) >= 11 is 0. The smallest absolute Gasteiger partial charge is 0.231 e. The van der Waals surface area contributed by atoms with E-state index in [1.165, 1.54) is 0 Å². The predicted molar refractivity (Wildman–Crippen MR) is 110 cm³/mol. The van der Waals surface area contributed by atoms with E-state index in [1.54, 1.807) is 4.90 Å². The Bertz CT molecular complexity index is 833. The number of hydrogen-bond donors (Lipinski definition) is 2.